The number of hydrogen-bond donors (Lipinski definition) is 1. The molecule has 0 radical (unpaired) electrons. The van der Waals surface area contributed by atoms with Crippen molar-refractivity contribution in [2.24, 2.45) is 0 Å². The molecule has 2 aromatic carbocycles. The number of aryl methyl sites for hydroxylation is 1. The van der Waals surface area contributed by atoms with E-state index < -0.39 is 0 Å². The molecule has 0 saturated carbocycles. The maximum atomic E-state index is 12.5. The summed E-state index contributed by atoms with van der Waals surface area (Å²) in [4.78, 5) is 30.8. The minimum Gasteiger partial charge on any atom is -0.493 e. The molecule has 0 saturated heterocycles. The van der Waals surface area contributed by atoms with E-state index in [1.165, 1.54) is 36.0 Å². The average molecular weight is 452 g/mol. The van der Waals surface area contributed by atoms with E-state index in [9.17, 15) is 9.59 Å². The number of hydrogen-bond acceptors (Lipinski definition) is 7. The van der Waals surface area contributed by atoms with E-state index in [1.54, 1.807) is 48.7 Å². The number of methoxy groups -OCH3 is 2. The molecule has 0 aliphatic heterocycles. The maximum absolute atomic E-state index is 12.5. The van der Waals surface area contributed by atoms with Crippen LogP contribution < -0.4 is 25.1 Å². The minimum absolute atomic E-state index is 0.133. The molecule has 1 amide bonds. The summed E-state index contributed by atoms with van der Waals surface area (Å²) < 4.78 is 17.7. The monoisotopic (exact) mass is 451 g/mol. The molecule has 4 rings (SSSR count). The Morgan fingerprint density at radius 3 is 2.53 bits per heavy atom. The van der Waals surface area contributed by atoms with Gasteiger partial charge >= 0.3 is 0 Å². The quantitative estimate of drug-likeness (QED) is 0.458. The van der Waals surface area contributed by atoms with Gasteiger partial charge in [0.1, 0.15) is 12.4 Å². The van der Waals surface area contributed by atoms with E-state index >= 15 is 0 Å². The number of nitrogens with zero attached hydrogens (tertiary/aromatic N) is 2. The second-order valence-electron chi connectivity index (χ2n) is 6.92. The summed E-state index contributed by atoms with van der Waals surface area (Å²) in [5.74, 6) is 1.35. The third-order valence-electron chi connectivity index (χ3n) is 4.68. The first-order valence-electron chi connectivity index (χ1n) is 9.72. The van der Waals surface area contributed by atoms with Crippen molar-refractivity contribution in [3.05, 3.63) is 81.2 Å². The topological polar surface area (TPSA) is 91.2 Å². The molecule has 0 fully saturated rings. The highest BCUT2D eigenvalue weighted by atomic mass is 32.1. The molecular weight excluding hydrogens is 430 g/mol. The van der Waals surface area contributed by atoms with Crippen LogP contribution in [0.4, 0.5) is 5.69 Å². The van der Waals surface area contributed by atoms with Crippen molar-refractivity contribution in [2.75, 3.05) is 19.5 Å². The Kier molecular flexibility index (Phi) is 6.09. The zero-order valence-electron chi connectivity index (χ0n) is 17.7. The normalized spacial score (nSPS) is 10.7. The fourth-order valence-electron chi connectivity index (χ4n) is 3.10. The molecule has 0 spiro atoms. The van der Waals surface area contributed by atoms with Gasteiger partial charge in [-0.2, -0.15) is 0 Å². The molecule has 0 aliphatic carbocycles. The second kappa shape index (κ2) is 9.11. The Morgan fingerprint density at radius 2 is 1.81 bits per heavy atom. The zero-order chi connectivity index (χ0) is 22.7. The van der Waals surface area contributed by atoms with Crippen molar-refractivity contribution < 1.29 is 19.0 Å². The van der Waals surface area contributed by atoms with Crippen LogP contribution in [0.2, 0.25) is 0 Å². The Morgan fingerprint density at radius 1 is 1.06 bits per heavy atom. The molecule has 32 heavy (non-hydrogen) atoms. The van der Waals surface area contributed by atoms with Gasteiger partial charge in [0.15, 0.2) is 16.5 Å². The van der Waals surface area contributed by atoms with Gasteiger partial charge in [-0.15, -0.1) is 11.3 Å². The summed E-state index contributed by atoms with van der Waals surface area (Å²) in [6.07, 6.45) is 1.77. The third-order valence-corrected chi connectivity index (χ3v) is 5.58. The molecule has 0 aliphatic rings. The van der Waals surface area contributed by atoms with Crippen molar-refractivity contribution in [3.8, 4) is 17.2 Å². The summed E-state index contributed by atoms with van der Waals surface area (Å²) in [6, 6.07) is 13.4. The fraction of sp³-hybridized carbons (Fsp3) is 0.174. The molecule has 4 aromatic rings. The van der Waals surface area contributed by atoms with Crippen LogP contribution in [0.1, 0.15) is 20.9 Å². The summed E-state index contributed by atoms with van der Waals surface area (Å²) in [7, 11) is 3.06. The Balaban J connectivity index is 1.40. The second-order valence-corrected chi connectivity index (χ2v) is 8.13. The molecule has 8 nitrogen and oxygen atoms in total. The highest BCUT2D eigenvalue weighted by Gasteiger charge is 2.11. The maximum Gasteiger partial charge on any atom is 0.258 e. The average Bonchev–Trinajstić information content (AvgIpc) is 3.19. The van der Waals surface area contributed by atoms with Gasteiger partial charge in [-0.3, -0.25) is 14.0 Å². The zero-order valence-corrected chi connectivity index (χ0v) is 18.6. The van der Waals surface area contributed by atoms with Crippen LogP contribution in [0, 0.1) is 6.92 Å². The SMILES string of the molecule is COc1ccc(C(=O)Nc2ccc(OCc3cc(=O)n4cc(C)sc4n3)cc2)cc1OC. The van der Waals surface area contributed by atoms with Crippen LogP contribution in [0.15, 0.2) is 59.5 Å². The largest absolute Gasteiger partial charge is 0.493 e. The summed E-state index contributed by atoms with van der Waals surface area (Å²) in [6.45, 7) is 2.10. The first-order valence-corrected chi connectivity index (χ1v) is 10.5. The number of carbonyl (C=O) groups is 1. The highest BCUT2D eigenvalue weighted by Crippen LogP contribution is 2.28. The lowest BCUT2D eigenvalue weighted by Crippen LogP contribution is -2.14. The standard InChI is InChI=1S/C23H21N3O5S/c1-14-12-26-21(27)11-17(25-23(26)32-14)13-31-18-7-5-16(6-8-18)24-22(28)15-4-9-19(29-2)20(10-15)30-3/h4-12H,13H2,1-3H3,(H,24,28). The lowest BCUT2D eigenvalue weighted by atomic mass is 10.2. The third kappa shape index (κ3) is 4.57. The van der Waals surface area contributed by atoms with Crippen molar-refractivity contribution in [1.82, 2.24) is 9.38 Å². The molecule has 2 heterocycles. The number of rotatable bonds is 7. The number of amides is 1. The summed E-state index contributed by atoms with van der Waals surface area (Å²) in [5.41, 5.74) is 1.48. The molecule has 164 valence electrons. The van der Waals surface area contributed by atoms with Crippen LogP contribution >= 0.6 is 11.3 Å². The number of anilines is 1. The predicted octanol–water partition coefficient (Wildman–Crippen LogP) is 3.91. The van der Waals surface area contributed by atoms with Crippen LogP contribution in [0.3, 0.4) is 0 Å². The minimum atomic E-state index is -0.274. The molecule has 1 N–H and O–H groups in total. The van der Waals surface area contributed by atoms with E-state index in [0.717, 1.165) is 4.88 Å². The molecule has 2 aromatic heterocycles. The highest BCUT2D eigenvalue weighted by molar-refractivity contribution is 7.16. The number of ether oxygens (including phenoxy) is 3. The molecule has 0 unspecified atom stereocenters. The van der Waals surface area contributed by atoms with E-state index in [0.29, 0.717) is 39.2 Å². The lowest BCUT2D eigenvalue weighted by Gasteiger charge is -2.11. The number of thiazole rings is 1. The fourth-order valence-corrected chi connectivity index (χ4v) is 3.95. The van der Waals surface area contributed by atoms with Crippen molar-refractivity contribution in [1.29, 1.82) is 0 Å². The molecule has 9 heteroatoms. The van der Waals surface area contributed by atoms with Crippen molar-refractivity contribution >= 4 is 27.9 Å². The Labute approximate surface area is 188 Å². The number of fused-ring (bicyclic) bond motifs is 1. The van der Waals surface area contributed by atoms with E-state index in [4.69, 9.17) is 14.2 Å². The smallest absolute Gasteiger partial charge is 0.258 e. The van der Waals surface area contributed by atoms with E-state index in [2.05, 4.69) is 10.3 Å². The number of benzene rings is 2. The Hall–Kier alpha value is -3.85. The summed E-state index contributed by atoms with van der Waals surface area (Å²) in [5, 5.41) is 2.83. The lowest BCUT2D eigenvalue weighted by molar-refractivity contribution is 0.102. The van der Waals surface area contributed by atoms with Crippen LogP contribution in [0.25, 0.3) is 4.96 Å². The number of carbonyl (C=O) groups excluding carboxylic acids is 1. The van der Waals surface area contributed by atoms with Crippen LogP contribution in [-0.2, 0) is 6.61 Å². The van der Waals surface area contributed by atoms with Crippen LogP contribution in [0.5, 0.6) is 17.2 Å². The van der Waals surface area contributed by atoms with Gasteiger partial charge in [0.05, 0.1) is 19.9 Å². The van der Waals surface area contributed by atoms with Gasteiger partial charge in [-0.25, -0.2) is 4.98 Å². The van der Waals surface area contributed by atoms with Gasteiger partial charge < -0.3 is 19.5 Å². The van der Waals surface area contributed by atoms with E-state index in [1.807, 2.05) is 6.92 Å². The molecule has 0 bridgehead atoms. The van der Waals surface area contributed by atoms with Crippen LogP contribution in [-0.4, -0.2) is 29.5 Å². The van der Waals surface area contributed by atoms with Crippen molar-refractivity contribution in [3.63, 3.8) is 0 Å². The first kappa shape index (κ1) is 21.4. The van der Waals surface area contributed by atoms with E-state index in [-0.39, 0.29) is 18.1 Å². The van der Waals surface area contributed by atoms with Gasteiger partial charge in [0.25, 0.3) is 11.5 Å². The summed E-state index contributed by atoms with van der Waals surface area (Å²) >= 11 is 1.45. The van der Waals surface area contributed by atoms with Gasteiger partial charge in [-0.1, -0.05) is 0 Å². The Bertz CT molecular complexity index is 1330. The van der Waals surface area contributed by atoms with Gasteiger partial charge in [0, 0.05) is 28.4 Å². The number of aromatic nitrogens is 2. The van der Waals surface area contributed by atoms with Gasteiger partial charge in [-0.05, 0) is 49.4 Å². The molecular formula is C23H21N3O5S. The number of nitrogens with one attached hydrogen (secondary N) is 1. The predicted molar refractivity (Wildman–Crippen MR) is 122 cm³/mol. The molecule has 0 atom stereocenters. The first-order chi connectivity index (χ1) is 15.5. The van der Waals surface area contributed by atoms with Crippen molar-refractivity contribution in [2.45, 2.75) is 13.5 Å². The van der Waals surface area contributed by atoms with Gasteiger partial charge in [0.2, 0.25) is 0 Å².